The normalized spacial score (nSPS) is 21.5. The quantitative estimate of drug-likeness (QED) is 0.740. The molecular formula is C18H27BrN2O3. The summed E-state index contributed by atoms with van der Waals surface area (Å²) in [5.41, 5.74) is -0.445. The molecule has 1 aliphatic rings. The summed E-state index contributed by atoms with van der Waals surface area (Å²) in [6.07, 6.45) is 6.21. The number of piperidine rings is 1. The minimum Gasteiger partial charge on any atom is -0.492 e. The predicted octanol–water partition coefficient (Wildman–Crippen LogP) is 4.65. The Morgan fingerprint density at radius 3 is 2.79 bits per heavy atom. The molecule has 1 saturated heterocycles. The molecule has 0 bridgehead atoms. The van der Waals surface area contributed by atoms with Crippen LogP contribution in [0.25, 0.3) is 0 Å². The summed E-state index contributed by atoms with van der Waals surface area (Å²) in [5, 5.41) is 0. The Morgan fingerprint density at radius 1 is 1.42 bits per heavy atom. The highest BCUT2D eigenvalue weighted by Crippen LogP contribution is 2.27. The maximum absolute atomic E-state index is 12.2. The van der Waals surface area contributed by atoms with E-state index in [0.29, 0.717) is 12.5 Å². The number of ether oxygens (including phenoxy) is 2. The highest BCUT2D eigenvalue weighted by atomic mass is 79.9. The van der Waals surface area contributed by atoms with Crippen LogP contribution in [0.1, 0.15) is 47.0 Å². The molecule has 24 heavy (non-hydrogen) atoms. The second-order valence-corrected chi connectivity index (χ2v) is 8.30. The standard InChI is InChI=1S/C18H27BrN2O3/c1-13-9-14(5-7-21(13)17(22)24-18(2,3)4)6-8-23-16-10-15(19)11-20-12-16/h10-14H,5-9H2,1-4H3/t13-,14-/m0/s1. The number of nitrogens with zero attached hydrogens (tertiary/aromatic N) is 2. The number of likely N-dealkylation sites (tertiary alicyclic amines) is 1. The fourth-order valence-corrected chi connectivity index (χ4v) is 3.28. The first-order chi connectivity index (χ1) is 11.2. The second-order valence-electron chi connectivity index (χ2n) is 7.39. The fourth-order valence-electron chi connectivity index (χ4n) is 2.94. The Balaban J connectivity index is 1.75. The Hall–Kier alpha value is -1.30. The van der Waals surface area contributed by atoms with E-state index in [1.807, 2.05) is 31.7 Å². The fraction of sp³-hybridized carbons (Fsp3) is 0.667. The van der Waals surface area contributed by atoms with E-state index in [9.17, 15) is 4.79 Å². The molecule has 2 atom stereocenters. The van der Waals surface area contributed by atoms with Crippen LogP contribution < -0.4 is 4.74 Å². The van der Waals surface area contributed by atoms with Gasteiger partial charge in [0.15, 0.2) is 0 Å². The average molecular weight is 399 g/mol. The third-order valence-electron chi connectivity index (χ3n) is 4.09. The molecule has 0 aromatic carbocycles. The molecule has 0 spiro atoms. The number of carbonyl (C=O) groups excluding carboxylic acids is 1. The maximum Gasteiger partial charge on any atom is 0.410 e. The van der Waals surface area contributed by atoms with E-state index in [4.69, 9.17) is 9.47 Å². The van der Waals surface area contributed by atoms with Crippen molar-refractivity contribution in [1.82, 2.24) is 9.88 Å². The molecule has 0 radical (unpaired) electrons. The molecule has 0 saturated carbocycles. The van der Waals surface area contributed by atoms with Gasteiger partial charge in [0, 0.05) is 23.3 Å². The van der Waals surface area contributed by atoms with Gasteiger partial charge < -0.3 is 14.4 Å². The van der Waals surface area contributed by atoms with E-state index in [-0.39, 0.29) is 12.1 Å². The zero-order valence-electron chi connectivity index (χ0n) is 14.9. The number of halogens is 1. The number of hydrogen-bond donors (Lipinski definition) is 0. The second kappa shape index (κ2) is 8.19. The molecule has 0 N–H and O–H groups in total. The summed E-state index contributed by atoms with van der Waals surface area (Å²) in [7, 11) is 0. The lowest BCUT2D eigenvalue weighted by molar-refractivity contribution is 0.00615. The number of pyridine rings is 1. The van der Waals surface area contributed by atoms with Crippen LogP contribution in [-0.2, 0) is 4.74 Å². The summed E-state index contributed by atoms with van der Waals surface area (Å²) < 4.78 is 12.2. The molecule has 1 aromatic rings. The zero-order valence-corrected chi connectivity index (χ0v) is 16.5. The van der Waals surface area contributed by atoms with Crippen molar-refractivity contribution < 1.29 is 14.3 Å². The lowest BCUT2D eigenvalue weighted by Crippen LogP contribution is -2.46. The summed E-state index contributed by atoms with van der Waals surface area (Å²) >= 11 is 3.39. The number of hydrogen-bond acceptors (Lipinski definition) is 4. The van der Waals surface area contributed by atoms with Crippen molar-refractivity contribution in [3.8, 4) is 5.75 Å². The lowest BCUT2D eigenvalue weighted by Gasteiger charge is -2.38. The van der Waals surface area contributed by atoms with Crippen molar-refractivity contribution in [3.63, 3.8) is 0 Å². The van der Waals surface area contributed by atoms with E-state index in [2.05, 4.69) is 27.8 Å². The van der Waals surface area contributed by atoms with Crippen LogP contribution in [0, 0.1) is 5.92 Å². The number of amides is 1. The van der Waals surface area contributed by atoms with Crippen LogP contribution in [0.5, 0.6) is 5.75 Å². The molecule has 134 valence electrons. The van der Waals surface area contributed by atoms with E-state index in [0.717, 1.165) is 36.0 Å². The monoisotopic (exact) mass is 398 g/mol. The predicted molar refractivity (Wildman–Crippen MR) is 97.2 cm³/mol. The Morgan fingerprint density at radius 2 is 2.17 bits per heavy atom. The third-order valence-corrected chi connectivity index (χ3v) is 4.52. The molecule has 1 amide bonds. The lowest BCUT2D eigenvalue weighted by atomic mass is 9.89. The van der Waals surface area contributed by atoms with Gasteiger partial charge in [-0.3, -0.25) is 4.98 Å². The molecule has 1 fully saturated rings. The van der Waals surface area contributed by atoms with Crippen molar-refractivity contribution in [2.45, 2.75) is 58.6 Å². The first kappa shape index (κ1) is 19.0. The van der Waals surface area contributed by atoms with Crippen molar-refractivity contribution in [2.75, 3.05) is 13.2 Å². The van der Waals surface area contributed by atoms with E-state index in [1.54, 1.807) is 12.4 Å². The Bertz CT molecular complexity index is 559. The highest BCUT2D eigenvalue weighted by Gasteiger charge is 2.31. The van der Waals surface area contributed by atoms with Gasteiger partial charge in [0.2, 0.25) is 0 Å². The molecule has 6 heteroatoms. The minimum absolute atomic E-state index is 0.200. The molecule has 5 nitrogen and oxygen atoms in total. The third kappa shape index (κ3) is 5.96. The molecule has 0 aliphatic carbocycles. The Labute approximate surface area is 152 Å². The number of rotatable bonds is 4. The molecule has 1 aliphatic heterocycles. The van der Waals surface area contributed by atoms with Gasteiger partial charge in [0.1, 0.15) is 11.4 Å². The van der Waals surface area contributed by atoms with Gasteiger partial charge >= 0.3 is 6.09 Å². The zero-order chi connectivity index (χ0) is 17.7. The van der Waals surface area contributed by atoms with Crippen LogP contribution in [-0.4, -0.2) is 40.8 Å². The van der Waals surface area contributed by atoms with Crippen molar-refractivity contribution in [3.05, 3.63) is 22.9 Å². The summed E-state index contributed by atoms with van der Waals surface area (Å²) in [4.78, 5) is 18.2. The van der Waals surface area contributed by atoms with Gasteiger partial charge in [0.25, 0.3) is 0 Å². The van der Waals surface area contributed by atoms with Crippen LogP contribution in [0.2, 0.25) is 0 Å². The highest BCUT2D eigenvalue weighted by molar-refractivity contribution is 9.10. The van der Waals surface area contributed by atoms with Gasteiger partial charge in [0.05, 0.1) is 12.8 Å². The van der Waals surface area contributed by atoms with Crippen LogP contribution in [0.4, 0.5) is 4.79 Å². The number of carbonyl (C=O) groups is 1. The molecular weight excluding hydrogens is 372 g/mol. The van der Waals surface area contributed by atoms with Crippen LogP contribution in [0.3, 0.4) is 0 Å². The molecule has 0 unspecified atom stereocenters. The van der Waals surface area contributed by atoms with Crippen LogP contribution in [0.15, 0.2) is 22.9 Å². The van der Waals surface area contributed by atoms with Crippen LogP contribution >= 0.6 is 15.9 Å². The summed E-state index contributed by atoms with van der Waals surface area (Å²) in [6, 6.07) is 2.12. The summed E-state index contributed by atoms with van der Waals surface area (Å²) in [6.45, 7) is 9.21. The SMILES string of the molecule is C[C@H]1C[C@H](CCOc2cncc(Br)c2)CCN1C(=O)OC(C)(C)C. The van der Waals surface area contributed by atoms with Crippen molar-refractivity contribution in [1.29, 1.82) is 0 Å². The first-order valence-electron chi connectivity index (χ1n) is 8.47. The molecule has 2 rings (SSSR count). The van der Waals surface area contributed by atoms with Gasteiger partial charge in [-0.15, -0.1) is 0 Å². The largest absolute Gasteiger partial charge is 0.492 e. The summed E-state index contributed by atoms with van der Waals surface area (Å²) in [5.74, 6) is 1.35. The van der Waals surface area contributed by atoms with E-state index in [1.165, 1.54) is 0 Å². The van der Waals surface area contributed by atoms with E-state index >= 15 is 0 Å². The number of aromatic nitrogens is 1. The Kier molecular flexibility index (Phi) is 6.49. The topological polar surface area (TPSA) is 51.7 Å². The molecule has 1 aromatic heterocycles. The van der Waals surface area contributed by atoms with Crippen molar-refractivity contribution >= 4 is 22.0 Å². The molecule has 2 heterocycles. The first-order valence-corrected chi connectivity index (χ1v) is 9.27. The van der Waals surface area contributed by atoms with Gasteiger partial charge in [-0.1, -0.05) is 0 Å². The van der Waals surface area contributed by atoms with Gasteiger partial charge in [-0.2, -0.15) is 0 Å². The van der Waals surface area contributed by atoms with E-state index < -0.39 is 5.60 Å². The maximum atomic E-state index is 12.2. The van der Waals surface area contributed by atoms with Gasteiger partial charge in [-0.05, 0) is 74.9 Å². The average Bonchev–Trinajstić information content (AvgIpc) is 2.45. The van der Waals surface area contributed by atoms with Crippen molar-refractivity contribution in [2.24, 2.45) is 5.92 Å². The smallest absolute Gasteiger partial charge is 0.410 e. The van der Waals surface area contributed by atoms with Gasteiger partial charge in [-0.25, -0.2) is 4.79 Å². The minimum atomic E-state index is -0.445.